The van der Waals surface area contributed by atoms with Crippen LogP contribution in [-0.2, 0) is 11.3 Å². The number of aromatic nitrogens is 2. The molecule has 2 aromatic rings. The summed E-state index contributed by atoms with van der Waals surface area (Å²) in [5.41, 5.74) is 0.847. The number of hydrogen-bond donors (Lipinski definition) is 1. The van der Waals surface area contributed by atoms with E-state index in [0.29, 0.717) is 23.3 Å². The van der Waals surface area contributed by atoms with Gasteiger partial charge in [0.25, 0.3) is 0 Å². The monoisotopic (exact) mass is 476 g/mol. The summed E-state index contributed by atoms with van der Waals surface area (Å²) in [5.74, 6) is 2.64. The number of nitrogens with one attached hydrogen (secondary N) is 1. The molecule has 0 atom stereocenters. The van der Waals surface area contributed by atoms with Gasteiger partial charge in [0.15, 0.2) is 0 Å². The Morgan fingerprint density at radius 3 is 2.78 bits per heavy atom. The second-order valence-corrected chi connectivity index (χ2v) is 10.7. The van der Waals surface area contributed by atoms with E-state index in [1.165, 1.54) is 32.1 Å². The van der Waals surface area contributed by atoms with Crippen molar-refractivity contribution in [1.82, 2.24) is 20.4 Å². The highest BCUT2D eigenvalue weighted by Crippen LogP contribution is 2.28. The second-order valence-electron chi connectivity index (χ2n) is 8.85. The van der Waals surface area contributed by atoms with Gasteiger partial charge in [0, 0.05) is 28.3 Å². The van der Waals surface area contributed by atoms with Crippen LogP contribution in [0.2, 0.25) is 5.02 Å². The zero-order valence-corrected chi connectivity index (χ0v) is 20.2. The predicted octanol–water partition coefficient (Wildman–Crippen LogP) is 5.17. The van der Waals surface area contributed by atoms with Crippen LogP contribution in [0.4, 0.5) is 0 Å². The van der Waals surface area contributed by atoms with E-state index >= 15 is 0 Å². The Kier molecular flexibility index (Phi) is 8.88. The first-order chi connectivity index (χ1) is 15.7. The molecular formula is C24H33ClN4O2S. The highest BCUT2D eigenvalue weighted by atomic mass is 35.5. The first-order valence-corrected chi connectivity index (χ1v) is 13.3. The highest BCUT2D eigenvalue weighted by molar-refractivity contribution is 7.99. The van der Waals surface area contributed by atoms with Crippen molar-refractivity contribution in [2.75, 3.05) is 25.4 Å². The normalized spacial score (nSPS) is 18.7. The van der Waals surface area contributed by atoms with Crippen LogP contribution >= 0.6 is 23.4 Å². The van der Waals surface area contributed by atoms with Gasteiger partial charge in [0.05, 0.1) is 6.54 Å². The standard InChI is InChI=1S/C24H33ClN4O2S/c25-20-7-4-6-19(16-20)23-27-22(31-28-23)17-29-13-10-18(11-14-29)24(30)26-12-5-15-32-21-8-2-1-3-9-21/h4,6-7,16,18,21H,1-3,5,8-15,17H2,(H,26,30). The van der Waals surface area contributed by atoms with Gasteiger partial charge in [-0.2, -0.15) is 16.7 Å². The van der Waals surface area contributed by atoms with Crippen molar-refractivity contribution in [2.24, 2.45) is 5.92 Å². The van der Waals surface area contributed by atoms with E-state index in [0.717, 1.165) is 55.5 Å². The third kappa shape index (κ3) is 6.96. The molecule has 1 aliphatic carbocycles. The number of carbonyl (C=O) groups excluding carboxylic acids is 1. The molecule has 0 radical (unpaired) electrons. The number of hydrogen-bond acceptors (Lipinski definition) is 6. The van der Waals surface area contributed by atoms with E-state index in [1.54, 1.807) is 0 Å². The minimum absolute atomic E-state index is 0.113. The van der Waals surface area contributed by atoms with Crippen molar-refractivity contribution in [3.05, 3.63) is 35.2 Å². The Bertz CT molecular complexity index is 863. The van der Waals surface area contributed by atoms with E-state index in [9.17, 15) is 4.79 Å². The minimum atomic E-state index is 0.113. The van der Waals surface area contributed by atoms with Crippen LogP contribution in [0.15, 0.2) is 28.8 Å². The lowest BCUT2D eigenvalue weighted by Gasteiger charge is -2.30. The number of likely N-dealkylation sites (tertiary alicyclic amines) is 1. The number of benzene rings is 1. The minimum Gasteiger partial charge on any atom is -0.356 e. The average molecular weight is 477 g/mol. The lowest BCUT2D eigenvalue weighted by molar-refractivity contribution is -0.126. The fourth-order valence-electron chi connectivity index (χ4n) is 4.52. The lowest BCUT2D eigenvalue weighted by Crippen LogP contribution is -2.40. The van der Waals surface area contributed by atoms with Gasteiger partial charge >= 0.3 is 0 Å². The van der Waals surface area contributed by atoms with Crippen molar-refractivity contribution in [2.45, 2.75) is 63.2 Å². The maximum atomic E-state index is 12.5. The molecule has 6 nitrogen and oxygen atoms in total. The topological polar surface area (TPSA) is 71.3 Å². The van der Waals surface area contributed by atoms with Gasteiger partial charge in [-0.25, -0.2) is 0 Å². The molecule has 32 heavy (non-hydrogen) atoms. The maximum Gasteiger partial charge on any atom is 0.241 e. The molecule has 0 bridgehead atoms. The summed E-state index contributed by atoms with van der Waals surface area (Å²) in [6, 6.07) is 7.44. The molecule has 2 aliphatic rings. The van der Waals surface area contributed by atoms with Crippen LogP contribution in [0.3, 0.4) is 0 Å². The van der Waals surface area contributed by atoms with Crippen LogP contribution in [0.1, 0.15) is 57.3 Å². The summed E-state index contributed by atoms with van der Waals surface area (Å²) < 4.78 is 5.43. The molecule has 4 rings (SSSR count). The number of thioether (sulfide) groups is 1. The van der Waals surface area contributed by atoms with Gasteiger partial charge < -0.3 is 9.84 Å². The van der Waals surface area contributed by atoms with Crippen molar-refractivity contribution in [3.8, 4) is 11.4 Å². The summed E-state index contributed by atoms with van der Waals surface area (Å²) in [5, 5.41) is 8.74. The number of carbonyl (C=O) groups is 1. The summed E-state index contributed by atoms with van der Waals surface area (Å²) in [6.07, 6.45) is 9.76. The summed E-state index contributed by atoms with van der Waals surface area (Å²) >= 11 is 8.15. The second kappa shape index (κ2) is 12.1. The molecule has 1 aromatic carbocycles. The zero-order valence-electron chi connectivity index (χ0n) is 18.6. The number of piperidine rings is 1. The Balaban J connectivity index is 1.12. The molecule has 8 heteroatoms. The van der Waals surface area contributed by atoms with Gasteiger partial charge in [-0.1, -0.05) is 48.2 Å². The summed E-state index contributed by atoms with van der Waals surface area (Å²) in [7, 11) is 0. The van der Waals surface area contributed by atoms with Crippen LogP contribution in [0.5, 0.6) is 0 Å². The molecule has 2 heterocycles. The Hall–Kier alpha value is -1.57. The van der Waals surface area contributed by atoms with Gasteiger partial charge in [0.1, 0.15) is 0 Å². The number of rotatable bonds is 9. The van der Waals surface area contributed by atoms with Crippen molar-refractivity contribution >= 4 is 29.3 Å². The molecule has 2 fully saturated rings. The quantitative estimate of drug-likeness (QED) is 0.503. The number of nitrogens with zero attached hydrogens (tertiary/aromatic N) is 3. The van der Waals surface area contributed by atoms with Crippen LogP contribution in [-0.4, -0.2) is 51.6 Å². The molecule has 1 saturated heterocycles. The van der Waals surface area contributed by atoms with E-state index in [1.807, 2.05) is 24.3 Å². The Morgan fingerprint density at radius 2 is 2.00 bits per heavy atom. The van der Waals surface area contributed by atoms with Crippen molar-refractivity contribution in [1.29, 1.82) is 0 Å². The van der Waals surface area contributed by atoms with Gasteiger partial charge in [0.2, 0.25) is 17.6 Å². The van der Waals surface area contributed by atoms with Crippen molar-refractivity contribution < 1.29 is 9.32 Å². The third-order valence-corrected chi connectivity index (χ3v) is 8.10. The molecule has 0 unspecified atom stereocenters. The predicted molar refractivity (Wildman–Crippen MR) is 130 cm³/mol. The summed E-state index contributed by atoms with van der Waals surface area (Å²) in [6.45, 7) is 3.14. The Morgan fingerprint density at radius 1 is 1.19 bits per heavy atom. The van der Waals surface area contributed by atoms with E-state index in [-0.39, 0.29) is 11.8 Å². The van der Waals surface area contributed by atoms with Crippen LogP contribution in [0, 0.1) is 5.92 Å². The SMILES string of the molecule is O=C(NCCCSC1CCCCC1)C1CCN(Cc2nc(-c3cccc(Cl)c3)no2)CC1. The molecule has 1 amide bonds. The van der Waals surface area contributed by atoms with E-state index < -0.39 is 0 Å². The van der Waals surface area contributed by atoms with E-state index in [2.05, 4.69) is 32.1 Å². The maximum absolute atomic E-state index is 12.5. The highest BCUT2D eigenvalue weighted by Gasteiger charge is 2.26. The number of amides is 1. The Labute approximate surface area is 199 Å². The zero-order chi connectivity index (χ0) is 22.2. The summed E-state index contributed by atoms with van der Waals surface area (Å²) in [4.78, 5) is 19.3. The van der Waals surface area contributed by atoms with Gasteiger partial charge in [-0.3, -0.25) is 9.69 Å². The average Bonchev–Trinajstić information content (AvgIpc) is 3.28. The van der Waals surface area contributed by atoms with Crippen LogP contribution < -0.4 is 5.32 Å². The molecule has 1 aromatic heterocycles. The smallest absolute Gasteiger partial charge is 0.241 e. The first-order valence-electron chi connectivity index (χ1n) is 11.9. The van der Waals surface area contributed by atoms with Gasteiger partial charge in [-0.15, -0.1) is 0 Å². The molecule has 1 N–H and O–H groups in total. The fraction of sp³-hybridized carbons (Fsp3) is 0.625. The van der Waals surface area contributed by atoms with Crippen LogP contribution in [0.25, 0.3) is 11.4 Å². The fourth-order valence-corrected chi connectivity index (χ4v) is 6.02. The first kappa shape index (κ1) is 23.6. The van der Waals surface area contributed by atoms with Gasteiger partial charge in [-0.05, 0) is 63.1 Å². The lowest BCUT2D eigenvalue weighted by atomic mass is 9.96. The van der Waals surface area contributed by atoms with Crippen molar-refractivity contribution in [3.63, 3.8) is 0 Å². The molecule has 0 spiro atoms. The molecule has 174 valence electrons. The molecule has 1 aliphatic heterocycles. The largest absolute Gasteiger partial charge is 0.356 e. The third-order valence-electron chi connectivity index (χ3n) is 6.39. The molecular weight excluding hydrogens is 444 g/mol. The molecule has 1 saturated carbocycles. The van der Waals surface area contributed by atoms with E-state index in [4.69, 9.17) is 16.1 Å². The number of halogens is 1.